The minimum atomic E-state index is -0.881. The number of rotatable bonds is 5. The lowest BCUT2D eigenvalue weighted by molar-refractivity contribution is -0.121. The highest BCUT2D eigenvalue weighted by molar-refractivity contribution is 5.88. The zero-order chi connectivity index (χ0) is 13.1. The van der Waals surface area contributed by atoms with Gasteiger partial charge in [0.15, 0.2) is 5.82 Å². The van der Waals surface area contributed by atoms with Crippen molar-refractivity contribution in [1.82, 2.24) is 4.98 Å². The Morgan fingerprint density at radius 1 is 1.59 bits per heavy atom. The SMILES string of the molecule is CCC(C)(Nc1nc(OC)ccc1N)C(N)=O. The first kappa shape index (κ1) is 13.1. The van der Waals surface area contributed by atoms with E-state index in [1.807, 2.05) is 6.92 Å². The molecule has 0 spiro atoms. The highest BCUT2D eigenvalue weighted by Gasteiger charge is 2.29. The second-order valence-electron chi connectivity index (χ2n) is 3.97. The normalized spacial score (nSPS) is 13.8. The summed E-state index contributed by atoms with van der Waals surface area (Å²) in [5.41, 5.74) is 10.7. The van der Waals surface area contributed by atoms with Crippen molar-refractivity contribution in [1.29, 1.82) is 0 Å². The highest BCUT2D eigenvalue weighted by Crippen LogP contribution is 2.24. The van der Waals surface area contributed by atoms with Gasteiger partial charge in [0.2, 0.25) is 11.8 Å². The van der Waals surface area contributed by atoms with E-state index < -0.39 is 11.4 Å². The van der Waals surface area contributed by atoms with Gasteiger partial charge >= 0.3 is 0 Å². The van der Waals surface area contributed by atoms with Gasteiger partial charge in [0.25, 0.3) is 0 Å². The number of nitrogens with two attached hydrogens (primary N) is 2. The zero-order valence-corrected chi connectivity index (χ0v) is 10.3. The molecule has 1 aromatic heterocycles. The molecule has 0 fully saturated rings. The van der Waals surface area contributed by atoms with Crippen LogP contribution in [-0.2, 0) is 4.79 Å². The fourth-order valence-electron chi connectivity index (χ4n) is 1.25. The Labute approximate surface area is 100 Å². The number of nitrogens with one attached hydrogen (secondary N) is 1. The third-order valence-corrected chi connectivity index (χ3v) is 2.76. The van der Waals surface area contributed by atoms with Crippen LogP contribution in [0.1, 0.15) is 20.3 Å². The van der Waals surface area contributed by atoms with E-state index in [2.05, 4.69) is 10.3 Å². The van der Waals surface area contributed by atoms with Crippen LogP contribution in [0.25, 0.3) is 0 Å². The van der Waals surface area contributed by atoms with E-state index in [9.17, 15) is 4.79 Å². The number of aromatic nitrogens is 1. The van der Waals surface area contributed by atoms with Gasteiger partial charge in [-0.25, -0.2) is 0 Å². The molecule has 0 aromatic carbocycles. The maximum absolute atomic E-state index is 11.4. The number of nitrogen functional groups attached to an aromatic ring is 1. The van der Waals surface area contributed by atoms with Crippen molar-refractivity contribution in [2.75, 3.05) is 18.2 Å². The standard InChI is InChI=1S/C11H18N4O2/c1-4-11(2,10(13)16)15-9-7(12)5-6-8(14-9)17-3/h5-6H,4,12H2,1-3H3,(H2,13,16)(H,14,15). The quantitative estimate of drug-likeness (QED) is 0.702. The number of hydrogen-bond donors (Lipinski definition) is 3. The number of carbonyl (C=O) groups excluding carboxylic acids is 1. The Kier molecular flexibility index (Phi) is 3.77. The topological polar surface area (TPSA) is 103 Å². The number of primary amides is 1. The van der Waals surface area contributed by atoms with Crippen molar-refractivity contribution in [3.05, 3.63) is 12.1 Å². The average Bonchev–Trinajstić information content (AvgIpc) is 2.31. The van der Waals surface area contributed by atoms with E-state index in [1.165, 1.54) is 7.11 Å². The predicted molar refractivity (Wildman–Crippen MR) is 66.7 cm³/mol. The van der Waals surface area contributed by atoms with Crippen LogP contribution in [-0.4, -0.2) is 23.5 Å². The molecule has 17 heavy (non-hydrogen) atoms. The van der Waals surface area contributed by atoms with Crippen LogP contribution >= 0.6 is 0 Å². The molecule has 0 radical (unpaired) electrons. The maximum atomic E-state index is 11.4. The van der Waals surface area contributed by atoms with Crippen LogP contribution in [0.3, 0.4) is 0 Å². The first-order valence-electron chi connectivity index (χ1n) is 5.31. The number of methoxy groups -OCH3 is 1. The third kappa shape index (κ3) is 2.77. The molecule has 1 aromatic rings. The van der Waals surface area contributed by atoms with Crippen LogP contribution < -0.4 is 21.5 Å². The Morgan fingerprint density at radius 3 is 2.71 bits per heavy atom. The van der Waals surface area contributed by atoms with Gasteiger partial charge in [-0.3, -0.25) is 4.79 Å². The van der Waals surface area contributed by atoms with Gasteiger partial charge in [0.05, 0.1) is 12.8 Å². The molecule has 1 heterocycles. The van der Waals surface area contributed by atoms with Gasteiger partial charge in [0, 0.05) is 6.07 Å². The molecular weight excluding hydrogens is 220 g/mol. The smallest absolute Gasteiger partial charge is 0.242 e. The van der Waals surface area contributed by atoms with Gasteiger partial charge < -0.3 is 21.5 Å². The molecule has 0 aliphatic heterocycles. The summed E-state index contributed by atoms with van der Waals surface area (Å²) < 4.78 is 5.00. The van der Waals surface area contributed by atoms with Gasteiger partial charge in [0.1, 0.15) is 5.54 Å². The Bertz CT molecular complexity index is 422. The Morgan fingerprint density at radius 2 is 2.24 bits per heavy atom. The number of anilines is 2. The van der Waals surface area contributed by atoms with Gasteiger partial charge in [-0.1, -0.05) is 6.92 Å². The van der Waals surface area contributed by atoms with Crippen LogP contribution in [0.2, 0.25) is 0 Å². The van der Waals surface area contributed by atoms with Crippen LogP contribution in [0, 0.1) is 0 Å². The van der Waals surface area contributed by atoms with E-state index in [-0.39, 0.29) is 0 Å². The van der Waals surface area contributed by atoms with E-state index in [1.54, 1.807) is 19.1 Å². The molecule has 0 bridgehead atoms. The summed E-state index contributed by atoms with van der Waals surface area (Å²) in [5, 5.41) is 2.96. The fraction of sp³-hybridized carbons (Fsp3) is 0.455. The zero-order valence-electron chi connectivity index (χ0n) is 10.3. The molecular formula is C11H18N4O2. The number of pyridine rings is 1. The summed E-state index contributed by atoms with van der Waals surface area (Å²) >= 11 is 0. The largest absolute Gasteiger partial charge is 0.481 e. The number of hydrogen-bond acceptors (Lipinski definition) is 5. The minimum absolute atomic E-state index is 0.396. The molecule has 94 valence electrons. The summed E-state index contributed by atoms with van der Waals surface area (Å²) in [6, 6.07) is 3.30. The molecule has 1 unspecified atom stereocenters. The highest BCUT2D eigenvalue weighted by atomic mass is 16.5. The molecule has 0 aliphatic rings. The number of nitrogens with zero attached hydrogens (tertiary/aromatic N) is 1. The maximum Gasteiger partial charge on any atom is 0.242 e. The first-order chi connectivity index (χ1) is 7.92. The van der Waals surface area contributed by atoms with E-state index in [0.717, 1.165) is 0 Å². The van der Waals surface area contributed by atoms with Crippen molar-refractivity contribution >= 4 is 17.4 Å². The van der Waals surface area contributed by atoms with Crippen molar-refractivity contribution in [3.63, 3.8) is 0 Å². The molecule has 5 N–H and O–H groups in total. The van der Waals surface area contributed by atoms with Gasteiger partial charge in [-0.2, -0.15) is 4.98 Å². The van der Waals surface area contributed by atoms with Crippen LogP contribution in [0.5, 0.6) is 5.88 Å². The number of carbonyl (C=O) groups is 1. The van der Waals surface area contributed by atoms with Gasteiger partial charge in [-0.05, 0) is 19.4 Å². The lowest BCUT2D eigenvalue weighted by Gasteiger charge is -2.27. The minimum Gasteiger partial charge on any atom is -0.481 e. The molecule has 0 aliphatic carbocycles. The van der Waals surface area contributed by atoms with Gasteiger partial charge in [-0.15, -0.1) is 0 Å². The predicted octanol–water partition coefficient (Wildman–Crippen LogP) is 0.738. The molecule has 1 rings (SSSR count). The number of ether oxygens (including phenoxy) is 1. The van der Waals surface area contributed by atoms with E-state index >= 15 is 0 Å². The monoisotopic (exact) mass is 238 g/mol. The van der Waals surface area contributed by atoms with Crippen LogP contribution in [0.4, 0.5) is 11.5 Å². The summed E-state index contributed by atoms with van der Waals surface area (Å²) in [5.74, 6) is 0.362. The number of amides is 1. The van der Waals surface area contributed by atoms with E-state index in [0.29, 0.717) is 23.8 Å². The van der Waals surface area contributed by atoms with Crippen molar-refractivity contribution < 1.29 is 9.53 Å². The Hall–Kier alpha value is -1.98. The molecule has 6 heteroatoms. The second-order valence-corrected chi connectivity index (χ2v) is 3.97. The molecule has 6 nitrogen and oxygen atoms in total. The first-order valence-corrected chi connectivity index (χ1v) is 5.31. The second kappa shape index (κ2) is 4.90. The van der Waals surface area contributed by atoms with Crippen molar-refractivity contribution in [2.45, 2.75) is 25.8 Å². The molecule has 1 atom stereocenters. The summed E-state index contributed by atoms with van der Waals surface area (Å²) in [6.45, 7) is 3.56. The molecule has 0 saturated heterocycles. The summed E-state index contributed by atoms with van der Waals surface area (Å²) in [6.07, 6.45) is 0.528. The van der Waals surface area contributed by atoms with E-state index in [4.69, 9.17) is 16.2 Å². The molecule has 0 saturated carbocycles. The average molecular weight is 238 g/mol. The van der Waals surface area contributed by atoms with Crippen LogP contribution in [0.15, 0.2) is 12.1 Å². The summed E-state index contributed by atoms with van der Waals surface area (Å²) in [7, 11) is 1.51. The fourth-order valence-corrected chi connectivity index (χ4v) is 1.25. The third-order valence-electron chi connectivity index (χ3n) is 2.76. The van der Waals surface area contributed by atoms with Crippen molar-refractivity contribution in [3.8, 4) is 5.88 Å². The molecule has 1 amide bonds. The lowest BCUT2D eigenvalue weighted by atomic mass is 9.98. The lowest BCUT2D eigenvalue weighted by Crippen LogP contribution is -2.47. The van der Waals surface area contributed by atoms with Crippen molar-refractivity contribution in [2.24, 2.45) is 5.73 Å². The Balaban J connectivity index is 3.05. The summed E-state index contributed by atoms with van der Waals surface area (Å²) in [4.78, 5) is 15.5.